The number of hydrogen-bond acceptors (Lipinski definition) is 2. The Kier molecular flexibility index (Phi) is 2.94. The van der Waals surface area contributed by atoms with E-state index in [1.807, 2.05) is 13.8 Å². The van der Waals surface area contributed by atoms with Crippen molar-refractivity contribution in [1.29, 1.82) is 0 Å². The molecule has 0 radical (unpaired) electrons. The first-order chi connectivity index (χ1) is 6.02. The first-order valence-corrected chi connectivity index (χ1v) is 4.43. The molecule has 1 rings (SSSR count). The van der Waals surface area contributed by atoms with Crippen molar-refractivity contribution in [3.05, 3.63) is 28.8 Å². The molecule has 0 bridgehead atoms. The van der Waals surface area contributed by atoms with Crippen LogP contribution in [0, 0.1) is 5.92 Å². The highest BCUT2D eigenvalue weighted by Crippen LogP contribution is 2.24. The van der Waals surface area contributed by atoms with Gasteiger partial charge in [0.2, 0.25) is 0 Å². The number of benzene rings is 1. The number of carbonyl (C=O) groups is 1. The van der Waals surface area contributed by atoms with E-state index in [0.717, 1.165) is 0 Å². The van der Waals surface area contributed by atoms with Crippen molar-refractivity contribution in [3.8, 4) is 5.75 Å². The van der Waals surface area contributed by atoms with Crippen LogP contribution in [0.25, 0.3) is 0 Å². The quantitative estimate of drug-likeness (QED) is 0.742. The molecule has 0 aliphatic rings. The van der Waals surface area contributed by atoms with Crippen molar-refractivity contribution in [3.63, 3.8) is 0 Å². The number of phenols is 1. The summed E-state index contributed by atoms with van der Waals surface area (Å²) in [5.74, 6) is -0.0236. The van der Waals surface area contributed by atoms with Crippen molar-refractivity contribution < 1.29 is 9.90 Å². The summed E-state index contributed by atoms with van der Waals surface area (Å²) in [6.07, 6.45) is 0. The highest BCUT2D eigenvalue weighted by Gasteiger charge is 2.11. The van der Waals surface area contributed by atoms with E-state index in [0.29, 0.717) is 5.56 Å². The number of halogens is 1. The van der Waals surface area contributed by atoms with E-state index in [4.69, 9.17) is 16.7 Å². The Labute approximate surface area is 82.2 Å². The van der Waals surface area contributed by atoms with Crippen LogP contribution in [-0.4, -0.2) is 10.9 Å². The van der Waals surface area contributed by atoms with Crippen LogP contribution in [-0.2, 0) is 0 Å². The van der Waals surface area contributed by atoms with E-state index < -0.39 is 0 Å². The van der Waals surface area contributed by atoms with Crippen LogP contribution in [0.1, 0.15) is 24.2 Å². The van der Waals surface area contributed by atoms with Crippen LogP contribution in [0.4, 0.5) is 0 Å². The van der Waals surface area contributed by atoms with Gasteiger partial charge in [-0.1, -0.05) is 25.4 Å². The number of rotatable bonds is 2. The van der Waals surface area contributed by atoms with Gasteiger partial charge < -0.3 is 5.11 Å². The van der Waals surface area contributed by atoms with Crippen molar-refractivity contribution in [2.24, 2.45) is 5.92 Å². The molecule has 0 aromatic heterocycles. The van der Waals surface area contributed by atoms with Crippen LogP contribution >= 0.6 is 11.6 Å². The molecule has 0 fully saturated rings. The number of aromatic hydroxyl groups is 1. The Morgan fingerprint density at radius 1 is 1.46 bits per heavy atom. The predicted molar refractivity (Wildman–Crippen MR) is 52.3 cm³/mol. The second-order valence-corrected chi connectivity index (χ2v) is 3.59. The average Bonchev–Trinajstić information content (AvgIpc) is 2.08. The summed E-state index contributed by atoms with van der Waals surface area (Å²) in [5.41, 5.74) is 0.540. The number of ketones is 1. The molecule has 1 N–H and O–H groups in total. The Balaban J connectivity index is 3.04. The standard InChI is InChI=1S/C10H11ClO2/c1-6(2)10(13)7-3-4-9(12)8(11)5-7/h3-6,12H,1-2H3. The Morgan fingerprint density at radius 2 is 2.08 bits per heavy atom. The molecule has 0 atom stereocenters. The summed E-state index contributed by atoms with van der Waals surface area (Å²) in [7, 11) is 0. The molecule has 0 amide bonds. The third kappa shape index (κ3) is 2.22. The molecule has 70 valence electrons. The van der Waals surface area contributed by atoms with E-state index >= 15 is 0 Å². The van der Waals surface area contributed by atoms with Crippen LogP contribution in [0.5, 0.6) is 5.75 Å². The van der Waals surface area contributed by atoms with Gasteiger partial charge in [-0.15, -0.1) is 0 Å². The van der Waals surface area contributed by atoms with Gasteiger partial charge in [0, 0.05) is 11.5 Å². The van der Waals surface area contributed by atoms with Gasteiger partial charge in [-0.05, 0) is 18.2 Å². The molecule has 0 unspecified atom stereocenters. The lowest BCUT2D eigenvalue weighted by Gasteiger charge is -2.04. The molecule has 0 aliphatic carbocycles. The molecule has 0 saturated heterocycles. The lowest BCUT2D eigenvalue weighted by Crippen LogP contribution is -2.06. The van der Waals surface area contributed by atoms with Crippen LogP contribution in [0.15, 0.2) is 18.2 Å². The van der Waals surface area contributed by atoms with Crippen molar-refractivity contribution in [2.45, 2.75) is 13.8 Å². The zero-order valence-electron chi connectivity index (χ0n) is 7.54. The van der Waals surface area contributed by atoms with E-state index in [-0.39, 0.29) is 22.5 Å². The third-order valence-corrected chi connectivity index (χ3v) is 2.06. The second-order valence-electron chi connectivity index (χ2n) is 3.19. The zero-order chi connectivity index (χ0) is 10.0. The minimum Gasteiger partial charge on any atom is -0.506 e. The van der Waals surface area contributed by atoms with Crippen molar-refractivity contribution in [2.75, 3.05) is 0 Å². The maximum atomic E-state index is 11.5. The fraction of sp³-hybridized carbons (Fsp3) is 0.300. The Morgan fingerprint density at radius 3 is 2.54 bits per heavy atom. The maximum absolute atomic E-state index is 11.5. The average molecular weight is 199 g/mol. The van der Waals surface area contributed by atoms with Gasteiger partial charge in [-0.2, -0.15) is 0 Å². The topological polar surface area (TPSA) is 37.3 Å². The van der Waals surface area contributed by atoms with Gasteiger partial charge in [-0.3, -0.25) is 4.79 Å². The number of carbonyl (C=O) groups excluding carboxylic acids is 1. The first kappa shape index (κ1) is 10.1. The van der Waals surface area contributed by atoms with E-state index in [2.05, 4.69) is 0 Å². The van der Waals surface area contributed by atoms with Crippen molar-refractivity contribution >= 4 is 17.4 Å². The summed E-state index contributed by atoms with van der Waals surface area (Å²) in [6.45, 7) is 3.65. The number of hydrogen-bond donors (Lipinski definition) is 1. The highest BCUT2D eigenvalue weighted by molar-refractivity contribution is 6.32. The van der Waals surface area contributed by atoms with Crippen molar-refractivity contribution in [1.82, 2.24) is 0 Å². The smallest absolute Gasteiger partial charge is 0.165 e. The molecular weight excluding hydrogens is 188 g/mol. The lowest BCUT2D eigenvalue weighted by molar-refractivity contribution is 0.0939. The highest BCUT2D eigenvalue weighted by atomic mass is 35.5. The monoisotopic (exact) mass is 198 g/mol. The molecule has 2 nitrogen and oxygen atoms in total. The van der Waals surface area contributed by atoms with Crippen LogP contribution in [0.3, 0.4) is 0 Å². The Hall–Kier alpha value is -1.02. The largest absolute Gasteiger partial charge is 0.506 e. The van der Waals surface area contributed by atoms with Gasteiger partial charge in [0.15, 0.2) is 5.78 Å². The third-order valence-electron chi connectivity index (χ3n) is 1.76. The van der Waals surface area contributed by atoms with Gasteiger partial charge in [0.1, 0.15) is 5.75 Å². The fourth-order valence-electron chi connectivity index (χ4n) is 0.993. The first-order valence-electron chi connectivity index (χ1n) is 4.05. The molecule has 13 heavy (non-hydrogen) atoms. The summed E-state index contributed by atoms with van der Waals surface area (Å²) in [5, 5.41) is 9.34. The van der Waals surface area contributed by atoms with E-state index in [1.54, 1.807) is 6.07 Å². The maximum Gasteiger partial charge on any atom is 0.165 e. The minimum absolute atomic E-state index is 0.00183. The van der Waals surface area contributed by atoms with Gasteiger partial charge in [0.25, 0.3) is 0 Å². The molecule has 0 saturated carbocycles. The van der Waals surface area contributed by atoms with E-state index in [1.165, 1.54) is 12.1 Å². The predicted octanol–water partition coefficient (Wildman–Crippen LogP) is 2.88. The van der Waals surface area contributed by atoms with E-state index in [9.17, 15) is 4.79 Å². The number of Topliss-reactive ketones (excluding diaryl/α,β-unsaturated/α-hetero) is 1. The summed E-state index contributed by atoms with van der Waals surface area (Å²) >= 11 is 5.66. The molecule has 1 aromatic carbocycles. The van der Waals surface area contributed by atoms with Gasteiger partial charge in [-0.25, -0.2) is 0 Å². The summed E-state index contributed by atoms with van der Waals surface area (Å²) in [6, 6.07) is 4.49. The normalized spacial score (nSPS) is 10.5. The molecule has 1 aromatic rings. The fourth-order valence-corrected chi connectivity index (χ4v) is 1.17. The molecular formula is C10H11ClO2. The SMILES string of the molecule is CC(C)C(=O)c1ccc(O)c(Cl)c1. The zero-order valence-corrected chi connectivity index (χ0v) is 8.30. The second kappa shape index (κ2) is 3.79. The molecule has 0 heterocycles. The molecule has 0 spiro atoms. The summed E-state index contributed by atoms with van der Waals surface area (Å²) in [4.78, 5) is 11.5. The minimum atomic E-state index is -0.0550. The Bertz CT molecular complexity index is 332. The summed E-state index contributed by atoms with van der Waals surface area (Å²) < 4.78 is 0. The molecule has 0 aliphatic heterocycles. The molecule has 3 heteroatoms. The van der Waals surface area contributed by atoms with Gasteiger partial charge >= 0.3 is 0 Å². The van der Waals surface area contributed by atoms with Crippen LogP contribution in [0.2, 0.25) is 5.02 Å². The number of phenolic OH excluding ortho intramolecular Hbond substituents is 1. The van der Waals surface area contributed by atoms with Gasteiger partial charge in [0.05, 0.1) is 5.02 Å². The van der Waals surface area contributed by atoms with Crippen LogP contribution < -0.4 is 0 Å². The lowest BCUT2D eigenvalue weighted by atomic mass is 10.0.